The highest BCUT2D eigenvalue weighted by molar-refractivity contribution is 5.70. The molecule has 0 spiro atoms. The molecule has 9 nitrogen and oxygen atoms in total. The number of carbonyl (C=O) groups excluding carboxylic acids is 3. The number of likely N-dealkylation sites (N-methyl/N-ethyl adjacent to an activating group) is 1. The molecule has 0 aliphatic heterocycles. The summed E-state index contributed by atoms with van der Waals surface area (Å²) >= 11 is 0. The number of ether oxygens (including phenoxy) is 4. The van der Waals surface area contributed by atoms with Gasteiger partial charge in [-0.25, -0.2) is 0 Å². The molecule has 0 saturated carbocycles. The molecule has 0 aromatic carbocycles. The molecule has 81 heavy (non-hydrogen) atoms. The summed E-state index contributed by atoms with van der Waals surface area (Å²) < 4.78 is 22.7. The predicted molar refractivity (Wildman–Crippen MR) is 343 cm³/mol. The van der Waals surface area contributed by atoms with Crippen LogP contribution in [-0.4, -0.2) is 82.3 Å². The largest absolute Gasteiger partial charge is 0.545 e. The summed E-state index contributed by atoms with van der Waals surface area (Å²) in [5, 5.41) is 11.8. The molecule has 0 rings (SSSR count). The quantitative estimate of drug-likeness (QED) is 0.0195. The second-order valence-electron chi connectivity index (χ2n) is 22.3. The highest BCUT2D eigenvalue weighted by atomic mass is 16.7. The number of carboxylic acids is 1. The van der Waals surface area contributed by atoms with Gasteiger partial charge in [0.25, 0.3) is 0 Å². The molecule has 0 radical (unpaired) electrons. The first kappa shape index (κ1) is 76.4. The topological polar surface area (TPSA) is 111 Å². The van der Waals surface area contributed by atoms with Gasteiger partial charge >= 0.3 is 11.9 Å². The third-order valence-corrected chi connectivity index (χ3v) is 13.4. The van der Waals surface area contributed by atoms with Crippen molar-refractivity contribution in [3.8, 4) is 0 Å². The lowest BCUT2D eigenvalue weighted by Crippen LogP contribution is -2.44. The maximum absolute atomic E-state index is 12.9. The van der Waals surface area contributed by atoms with Gasteiger partial charge in [-0.3, -0.25) is 9.59 Å². The van der Waals surface area contributed by atoms with E-state index in [1.54, 1.807) is 0 Å². The van der Waals surface area contributed by atoms with Gasteiger partial charge < -0.3 is 33.3 Å². The number of nitrogens with zero attached hydrogens (tertiary/aromatic N) is 1. The van der Waals surface area contributed by atoms with E-state index in [0.29, 0.717) is 17.4 Å². The van der Waals surface area contributed by atoms with Gasteiger partial charge in [0.15, 0.2) is 12.4 Å². The van der Waals surface area contributed by atoms with Crippen LogP contribution in [0.1, 0.15) is 245 Å². The Labute approximate surface area is 497 Å². The highest BCUT2D eigenvalue weighted by Crippen LogP contribution is 2.16. The number of rotatable bonds is 58. The molecule has 2 unspecified atom stereocenters. The molecule has 9 heteroatoms. The molecule has 0 heterocycles. The molecule has 0 amide bonds. The number of allylic oxidation sites excluding steroid dienone is 22. The lowest BCUT2D eigenvalue weighted by molar-refractivity contribution is -0.870. The van der Waals surface area contributed by atoms with Crippen molar-refractivity contribution in [1.82, 2.24) is 0 Å². The molecule has 0 bridgehead atoms. The van der Waals surface area contributed by atoms with Gasteiger partial charge in [-0.15, -0.1) is 0 Å². The van der Waals surface area contributed by atoms with Crippen molar-refractivity contribution in [3.63, 3.8) is 0 Å². The zero-order chi connectivity index (χ0) is 59.1. The van der Waals surface area contributed by atoms with Crippen LogP contribution in [0.3, 0.4) is 0 Å². The highest BCUT2D eigenvalue weighted by Gasteiger charge is 2.22. The molecule has 0 fully saturated rings. The normalized spacial score (nSPS) is 13.6. The molecule has 0 aromatic heterocycles. The van der Waals surface area contributed by atoms with Crippen LogP contribution in [0.5, 0.6) is 0 Å². The van der Waals surface area contributed by atoms with E-state index in [2.05, 4.69) is 148 Å². The van der Waals surface area contributed by atoms with Crippen molar-refractivity contribution >= 4 is 17.9 Å². The fourth-order valence-corrected chi connectivity index (χ4v) is 8.48. The van der Waals surface area contributed by atoms with E-state index in [1.807, 2.05) is 21.1 Å². The molecule has 2 atom stereocenters. The van der Waals surface area contributed by atoms with Crippen molar-refractivity contribution in [2.75, 3.05) is 47.5 Å². The number of hydrogen-bond acceptors (Lipinski definition) is 8. The molecule has 0 aliphatic carbocycles. The van der Waals surface area contributed by atoms with Crippen LogP contribution in [0.4, 0.5) is 0 Å². The first-order valence-corrected chi connectivity index (χ1v) is 32.3. The average molecular weight is 1130 g/mol. The Hall–Kier alpha value is -4.57. The second-order valence-corrected chi connectivity index (χ2v) is 22.3. The van der Waals surface area contributed by atoms with E-state index in [-0.39, 0.29) is 38.6 Å². The maximum atomic E-state index is 12.9. The van der Waals surface area contributed by atoms with Gasteiger partial charge in [-0.2, -0.15) is 0 Å². The Morgan fingerprint density at radius 1 is 0.383 bits per heavy atom. The fourth-order valence-electron chi connectivity index (χ4n) is 8.48. The van der Waals surface area contributed by atoms with E-state index < -0.39 is 24.3 Å². The molecule has 460 valence electrons. The van der Waals surface area contributed by atoms with Crippen molar-refractivity contribution in [3.05, 3.63) is 134 Å². The summed E-state index contributed by atoms with van der Waals surface area (Å²) in [5.74, 6) is -2.30. The Morgan fingerprint density at radius 3 is 1.05 bits per heavy atom. The Kier molecular flexibility index (Phi) is 58.0. The zero-order valence-electron chi connectivity index (χ0n) is 52.4. The standard InChI is InChI=1S/C72H119NO8/c1-6-8-10-12-14-16-18-20-22-23-24-25-26-27-28-29-30-31-32-33-34-35-36-37-38-39-40-41-42-43-44-45-46-47-49-51-53-55-57-59-61-63-70(75)81-68(67-80-72(71(76)77)78-65-64-73(3,4)5)66-79-69(74)62-60-58-56-54-52-50-48-21-19-17-15-13-11-9-7-2/h8,10,14,16,20,22,24-25,27-28,30-31,33-34,36-37,39-40,42-43,45-46,68,72H,6-7,9,11-13,15,17-19,21,23,26,29,32,35,38,41,44,47-67H2,1-5H3/b10-8-,16-14-,22-20-,25-24-,28-27-,31-30-,34-33-,37-36-,40-39-,43-42-,46-45-. The van der Waals surface area contributed by atoms with Crippen molar-refractivity contribution < 1.29 is 42.9 Å². The van der Waals surface area contributed by atoms with Crippen LogP contribution in [0.15, 0.2) is 134 Å². The molecule has 0 N–H and O–H groups in total. The predicted octanol–water partition coefficient (Wildman–Crippen LogP) is 18.5. The van der Waals surface area contributed by atoms with Gasteiger partial charge in [-0.1, -0.05) is 270 Å². The van der Waals surface area contributed by atoms with E-state index in [9.17, 15) is 19.5 Å². The SMILES string of the molecule is CC/C=C\C/C=C\C/C=C\C/C=C\C/C=C\C/C=C\C/C=C\C/C=C\C/C=C\C/C=C\C/C=C\CCCCCCCCCC(=O)OC(COC(=O)CCCCCCCCCCCCCCCCC)COC(OCC[N+](C)(C)C)C(=O)[O-]. The molecular formula is C72H119NO8. The van der Waals surface area contributed by atoms with E-state index in [0.717, 1.165) is 116 Å². The lowest BCUT2D eigenvalue weighted by atomic mass is 10.0. The average Bonchev–Trinajstić information content (AvgIpc) is 3.44. The summed E-state index contributed by atoms with van der Waals surface area (Å²) in [6, 6.07) is 0. The lowest BCUT2D eigenvalue weighted by Gasteiger charge is -2.26. The third-order valence-electron chi connectivity index (χ3n) is 13.4. The van der Waals surface area contributed by atoms with Crippen LogP contribution in [-0.2, 0) is 33.3 Å². The van der Waals surface area contributed by atoms with Crippen LogP contribution in [0.2, 0.25) is 0 Å². The second kappa shape index (κ2) is 61.5. The summed E-state index contributed by atoms with van der Waals surface area (Å²) in [6.45, 7) is 4.62. The van der Waals surface area contributed by atoms with Crippen molar-refractivity contribution in [1.29, 1.82) is 0 Å². The number of aliphatic carboxylic acids is 1. The van der Waals surface area contributed by atoms with Gasteiger partial charge in [0.05, 0.1) is 40.3 Å². The number of hydrogen-bond donors (Lipinski definition) is 0. The summed E-state index contributed by atoms with van der Waals surface area (Å²) in [4.78, 5) is 37.3. The van der Waals surface area contributed by atoms with Crippen molar-refractivity contribution in [2.45, 2.75) is 257 Å². The summed E-state index contributed by atoms with van der Waals surface area (Å²) in [6.07, 6.45) is 85.2. The van der Waals surface area contributed by atoms with E-state index in [1.165, 1.54) is 96.3 Å². The molecule has 0 aliphatic rings. The number of unbranched alkanes of at least 4 members (excludes halogenated alkanes) is 21. The Morgan fingerprint density at radius 2 is 0.704 bits per heavy atom. The van der Waals surface area contributed by atoms with Gasteiger partial charge in [0.1, 0.15) is 13.2 Å². The molecule has 0 saturated heterocycles. The smallest absolute Gasteiger partial charge is 0.306 e. The minimum Gasteiger partial charge on any atom is -0.545 e. The molecular weight excluding hydrogens is 1010 g/mol. The minimum absolute atomic E-state index is 0.141. The van der Waals surface area contributed by atoms with Gasteiger partial charge in [0.2, 0.25) is 0 Å². The van der Waals surface area contributed by atoms with Crippen LogP contribution in [0.25, 0.3) is 0 Å². The van der Waals surface area contributed by atoms with Crippen LogP contribution in [0, 0.1) is 0 Å². The third kappa shape index (κ3) is 62.9. The van der Waals surface area contributed by atoms with Gasteiger partial charge in [-0.05, 0) is 96.3 Å². The van der Waals surface area contributed by atoms with Crippen LogP contribution < -0.4 is 5.11 Å². The Bertz CT molecular complexity index is 1790. The molecule has 0 aromatic rings. The van der Waals surface area contributed by atoms with Crippen LogP contribution >= 0.6 is 0 Å². The maximum Gasteiger partial charge on any atom is 0.306 e. The van der Waals surface area contributed by atoms with Gasteiger partial charge in [0, 0.05) is 12.8 Å². The van der Waals surface area contributed by atoms with E-state index >= 15 is 0 Å². The number of carboxylic acid groups (broad SMARTS) is 1. The number of esters is 2. The fraction of sp³-hybridized carbons (Fsp3) is 0.653. The van der Waals surface area contributed by atoms with E-state index in [4.69, 9.17) is 18.9 Å². The number of carbonyl (C=O) groups is 3. The number of quaternary nitrogens is 1. The first-order valence-electron chi connectivity index (χ1n) is 32.3. The minimum atomic E-state index is -1.63. The first-order chi connectivity index (χ1) is 39.6. The zero-order valence-corrected chi connectivity index (χ0v) is 52.4. The summed E-state index contributed by atoms with van der Waals surface area (Å²) in [7, 11) is 5.91. The monoisotopic (exact) mass is 1130 g/mol. The summed E-state index contributed by atoms with van der Waals surface area (Å²) in [5.41, 5.74) is 0. The Balaban J connectivity index is 4.17. The van der Waals surface area contributed by atoms with Crippen molar-refractivity contribution in [2.24, 2.45) is 0 Å².